The van der Waals surface area contributed by atoms with Crippen molar-refractivity contribution in [2.75, 3.05) is 33.4 Å². The summed E-state index contributed by atoms with van der Waals surface area (Å²) in [6.45, 7) is 1.06. The molecule has 2 aromatic heterocycles. The lowest BCUT2D eigenvalue weighted by atomic mass is 9.87. The predicted molar refractivity (Wildman–Crippen MR) is 146 cm³/mol. The fraction of sp³-hybridized carbons (Fsp3) is 0.267. The zero-order valence-electron chi connectivity index (χ0n) is 22.0. The number of amides is 2. The van der Waals surface area contributed by atoms with Gasteiger partial charge in [0.1, 0.15) is 17.0 Å². The molecule has 2 amide bonds. The molecule has 1 unspecified atom stereocenters. The molecule has 0 aliphatic carbocycles. The lowest BCUT2D eigenvalue weighted by molar-refractivity contribution is -0.123. The van der Waals surface area contributed by atoms with Crippen molar-refractivity contribution >= 4 is 17.5 Å². The summed E-state index contributed by atoms with van der Waals surface area (Å²) in [5, 5.41) is 2.83. The molecule has 7 rings (SSSR count). The lowest BCUT2D eigenvalue weighted by Gasteiger charge is -2.38. The van der Waals surface area contributed by atoms with Crippen molar-refractivity contribution in [2.24, 2.45) is 0 Å². The molecular weight excluding hydrogens is 512 g/mol. The van der Waals surface area contributed by atoms with Gasteiger partial charge >= 0.3 is 0 Å². The third-order valence-electron chi connectivity index (χ3n) is 7.20. The molecule has 4 aromatic rings. The number of carbonyl (C=O) groups is 2. The van der Waals surface area contributed by atoms with Gasteiger partial charge in [0, 0.05) is 25.5 Å². The average Bonchev–Trinajstić information content (AvgIpc) is 2.98. The number of rotatable bonds is 2. The van der Waals surface area contributed by atoms with E-state index in [0.717, 1.165) is 16.7 Å². The van der Waals surface area contributed by atoms with E-state index in [4.69, 9.17) is 14.2 Å². The maximum Gasteiger partial charge on any atom is 0.270 e. The van der Waals surface area contributed by atoms with Crippen molar-refractivity contribution in [2.45, 2.75) is 18.9 Å². The van der Waals surface area contributed by atoms with Gasteiger partial charge in [-0.1, -0.05) is 18.2 Å². The van der Waals surface area contributed by atoms with Crippen molar-refractivity contribution in [3.63, 3.8) is 0 Å². The van der Waals surface area contributed by atoms with Crippen molar-refractivity contribution < 1.29 is 23.8 Å². The molecule has 2 aromatic carbocycles. The number of aromatic nitrogens is 2. The Morgan fingerprint density at radius 1 is 1.10 bits per heavy atom. The molecule has 0 saturated heterocycles. The Labute approximate surface area is 230 Å². The highest BCUT2D eigenvalue weighted by Gasteiger charge is 2.35. The molecule has 1 N–H and O–H groups in total. The van der Waals surface area contributed by atoms with E-state index >= 15 is 0 Å². The van der Waals surface area contributed by atoms with Gasteiger partial charge in [-0.25, -0.2) is 4.98 Å². The first-order valence-electron chi connectivity index (χ1n) is 13.1. The first-order chi connectivity index (χ1) is 19.5. The number of hydrogen-bond donors (Lipinski definition) is 1. The predicted octanol–water partition coefficient (Wildman–Crippen LogP) is 2.77. The van der Waals surface area contributed by atoms with Crippen LogP contribution >= 0.6 is 0 Å². The number of pyridine rings is 1. The maximum absolute atomic E-state index is 14.1. The number of nitrogens with zero attached hydrogens (tertiary/aromatic N) is 3. The van der Waals surface area contributed by atoms with E-state index in [1.54, 1.807) is 29.3 Å². The molecule has 5 heterocycles. The third-order valence-corrected chi connectivity index (χ3v) is 7.20. The van der Waals surface area contributed by atoms with Crippen LogP contribution in [0.15, 0.2) is 71.8 Å². The van der Waals surface area contributed by atoms with Crippen LogP contribution in [0.25, 0.3) is 5.65 Å². The maximum atomic E-state index is 14.1. The Kier molecular flexibility index (Phi) is 6.81. The van der Waals surface area contributed by atoms with Gasteiger partial charge in [0.25, 0.3) is 17.4 Å². The lowest BCUT2D eigenvalue weighted by Crippen LogP contribution is -2.43. The van der Waals surface area contributed by atoms with Crippen molar-refractivity contribution in [3.8, 4) is 17.2 Å². The van der Waals surface area contributed by atoms with Crippen LogP contribution in [0.1, 0.15) is 39.5 Å². The first kappa shape index (κ1) is 25.4. The fourth-order valence-electron chi connectivity index (χ4n) is 5.26. The number of ether oxygens (including phenoxy) is 3. The standard InChI is InChI=1S/C30H28N4O6/c1-38-24-16-22-19-9-12-34(30(37)23-17-32-26-8-2-3-11-33(26)29(23)36)28(22)20-6-4-7-21(14-20)39-13-5-10-31-27(35)18-40-25(24)15-19/h2-4,6-8,11,14-17,28H,5,9-10,12-13,18H2,1H3,(H,31,35). The van der Waals surface area contributed by atoms with Gasteiger partial charge in [-0.15, -0.1) is 0 Å². The van der Waals surface area contributed by atoms with Crippen LogP contribution < -0.4 is 25.1 Å². The van der Waals surface area contributed by atoms with Crippen molar-refractivity contribution in [1.82, 2.24) is 19.6 Å². The Morgan fingerprint density at radius 3 is 2.88 bits per heavy atom. The number of benzene rings is 2. The second kappa shape index (κ2) is 10.7. The molecular formula is C30H28N4O6. The average molecular weight is 541 g/mol. The van der Waals surface area contributed by atoms with Crippen LogP contribution in [0.3, 0.4) is 0 Å². The van der Waals surface area contributed by atoms with Crippen molar-refractivity contribution in [1.29, 1.82) is 0 Å². The largest absolute Gasteiger partial charge is 0.494 e. The Bertz CT molecular complexity index is 1670. The number of methoxy groups -OCH3 is 1. The molecule has 1 atom stereocenters. The van der Waals surface area contributed by atoms with Gasteiger partial charge in [-0.3, -0.25) is 18.8 Å². The van der Waals surface area contributed by atoms with Crippen molar-refractivity contribution in [3.05, 3.63) is 99.6 Å². The molecule has 0 fully saturated rings. The molecule has 3 aliphatic rings. The van der Waals surface area contributed by atoms with Gasteiger partial charge in [0.2, 0.25) is 0 Å². The second-order valence-corrected chi connectivity index (χ2v) is 9.67. The second-order valence-electron chi connectivity index (χ2n) is 9.67. The molecule has 0 spiro atoms. The Balaban J connectivity index is 1.49. The monoisotopic (exact) mass is 540 g/mol. The molecule has 3 aliphatic heterocycles. The zero-order valence-corrected chi connectivity index (χ0v) is 22.0. The van der Waals surface area contributed by atoms with Gasteiger partial charge in [-0.05, 0) is 65.9 Å². The van der Waals surface area contributed by atoms with Crippen LogP contribution in [0.4, 0.5) is 0 Å². The van der Waals surface area contributed by atoms with Crippen LogP contribution in [-0.4, -0.2) is 59.5 Å². The topological polar surface area (TPSA) is 111 Å². The van der Waals surface area contributed by atoms with Crippen LogP contribution in [0.5, 0.6) is 17.2 Å². The van der Waals surface area contributed by atoms with E-state index in [9.17, 15) is 14.4 Å². The summed E-state index contributed by atoms with van der Waals surface area (Å²) in [5.74, 6) is 0.894. The highest BCUT2D eigenvalue weighted by molar-refractivity contribution is 5.94. The smallest absolute Gasteiger partial charge is 0.270 e. The quantitative estimate of drug-likeness (QED) is 0.416. The third kappa shape index (κ3) is 4.72. The van der Waals surface area contributed by atoms with Crippen LogP contribution in [0, 0.1) is 0 Å². The van der Waals surface area contributed by atoms with E-state index in [-0.39, 0.29) is 18.1 Å². The minimum atomic E-state index is -0.533. The Hall–Kier alpha value is -4.86. The summed E-state index contributed by atoms with van der Waals surface area (Å²) in [4.78, 5) is 45.8. The Morgan fingerprint density at radius 2 is 2.00 bits per heavy atom. The number of carbonyl (C=O) groups excluding carboxylic acids is 2. The van der Waals surface area contributed by atoms with E-state index in [2.05, 4.69) is 10.3 Å². The number of fused-ring (bicyclic) bond motifs is 9. The van der Waals surface area contributed by atoms with E-state index in [1.165, 1.54) is 17.7 Å². The summed E-state index contributed by atoms with van der Waals surface area (Å²) in [5.41, 5.74) is 2.66. The minimum absolute atomic E-state index is 0.00960. The molecule has 0 saturated carbocycles. The number of nitrogens with one attached hydrogen (secondary N) is 1. The first-order valence-corrected chi connectivity index (χ1v) is 13.1. The summed E-state index contributed by atoms with van der Waals surface area (Å²) >= 11 is 0. The van der Waals surface area contributed by atoms with E-state index in [0.29, 0.717) is 55.4 Å². The number of hydrogen-bond acceptors (Lipinski definition) is 7. The molecule has 204 valence electrons. The minimum Gasteiger partial charge on any atom is -0.494 e. The molecule has 10 nitrogen and oxygen atoms in total. The highest BCUT2D eigenvalue weighted by atomic mass is 16.5. The zero-order chi connectivity index (χ0) is 27.6. The van der Waals surface area contributed by atoms with Crippen LogP contribution in [0.2, 0.25) is 0 Å². The van der Waals surface area contributed by atoms with Crippen LogP contribution in [-0.2, 0) is 11.2 Å². The normalized spacial score (nSPS) is 17.1. The summed E-state index contributed by atoms with van der Waals surface area (Å²) < 4.78 is 18.8. The summed E-state index contributed by atoms with van der Waals surface area (Å²) in [6, 6.07) is 16.0. The van der Waals surface area contributed by atoms with Gasteiger partial charge in [0.15, 0.2) is 18.1 Å². The summed E-state index contributed by atoms with van der Waals surface area (Å²) in [7, 11) is 1.53. The van der Waals surface area contributed by atoms with E-state index < -0.39 is 17.5 Å². The van der Waals surface area contributed by atoms with Gasteiger partial charge < -0.3 is 24.4 Å². The molecule has 0 radical (unpaired) electrons. The highest BCUT2D eigenvalue weighted by Crippen LogP contribution is 2.42. The SMILES string of the molecule is COc1cc2c3cc1OCC(=O)NCCCOc1cccc(c1)C2N(C(=O)c1cnc2ccccn2c1=O)CC3. The van der Waals surface area contributed by atoms with Gasteiger partial charge in [0.05, 0.1) is 19.8 Å². The fourth-order valence-corrected chi connectivity index (χ4v) is 5.26. The van der Waals surface area contributed by atoms with E-state index in [1.807, 2.05) is 36.4 Å². The summed E-state index contributed by atoms with van der Waals surface area (Å²) in [6.07, 6.45) is 4.09. The van der Waals surface area contributed by atoms with Gasteiger partial charge in [-0.2, -0.15) is 0 Å². The molecule has 6 bridgehead atoms. The molecule has 40 heavy (non-hydrogen) atoms. The molecule has 10 heteroatoms.